The van der Waals surface area contributed by atoms with Crippen LogP contribution < -0.4 is 10.1 Å². The molecule has 0 spiro atoms. The molecule has 0 aliphatic heterocycles. The summed E-state index contributed by atoms with van der Waals surface area (Å²) in [6.45, 7) is 2.67. The van der Waals surface area contributed by atoms with E-state index in [0.717, 1.165) is 11.3 Å². The molecule has 1 amide bonds. The molecule has 1 aromatic rings. The van der Waals surface area contributed by atoms with Crippen LogP contribution in [0, 0.1) is 0 Å². The summed E-state index contributed by atoms with van der Waals surface area (Å²) in [4.78, 5) is 22.8. The van der Waals surface area contributed by atoms with Gasteiger partial charge in [0.1, 0.15) is 5.75 Å². The minimum absolute atomic E-state index is 0.00493. The molecular weight excluding hydrogens is 270 g/mol. The Hall–Kier alpha value is -2.04. The SMILES string of the molecule is CCOC(=O)CCCNC(=O)CCc1ccc(OC)cc1. The first kappa shape index (κ1) is 17.0. The van der Waals surface area contributed by atoms with E-state index in [-0.39, 0.29) is 11.9 Å². The summed E-state index contributed by atoms with van der Waals surface area (Å²) >= 11 is 0. The van der Waals surface area contributed by atoms with Gasteiger partial charge in [0.15, 0.2) is 0 Å². The van der Waals surface area contributed by atoms with Crippen molar-refractivity contribution in [3.05, 3.63) is 29.8 Å². The molecule has 1 N–H and O–H groups in total. The van der Waals surface area contributed by atoms with Gasteiger partial charge in [-0.1, -0.05) is 12.1 Å². The normalized spacial score (nSPS) is 10.0. The monoisotopic (exact) mass is 293 g/mol. The van der Waals surface area contributed by atoms with E-state index in [9.17, 15) is 9.59 Å². The summed E-state index contributed by atoms with van der Waals surface area (Å²) < 4.78 is 9.89. The van der Waals surface area contributed by atoms with Crippen molar-refractivity contribution >= 4 is 11.9 Å². The number of hydrogen-bond acceptors (Lipinski definition) is 4. The molecule has 0 aromatic heterocycles. The lowest BCUT2D eigenvalue weighted by Gasteiger charge is -2.06. The van der Waals surface area contributed by atoms with Crippen LogP contribution in [0.15, 0.2) is 24.3 Å². The Morgan fingerprint density at radius 1 is 1.14 bits per heavy atom. The third kappa shape index (κ3) is 7.34. The lowest BCUT2D eigenvalue weighted by Crippen LogP contribution is -2.25. The van der Waals surface area contributed by atoms with Crippen LogP contribution in [0.1, 0.15) is 31.7 Å². The first-order valence-electron chi connectivity index (χ1n) is 7.21. The summed E-state index contributed by atoms with van der Waals surface area (Å²) in [5.74, 6) is 0.585. The number of esters is 1. The Balaban J connectivity index is 2.14. The number of benzene rings is 1. The minimum Gasteiger partial charge on any atom is -0.497 e. The molecular formula is C16H23NO4. The van der Waals surface area contributed by atoms with Crippen LogP contribution in [0.5, 0.6) is 5.75 Å². The van der Waals surface area contributed by atoms with Crippen LogP contribution in [0.3, 0.4) is 0 Å². The fraction of sp³-hybridized carbons (Fsp3) is 0.500. The number of hydrogen-bond donors (Lipinski definition) is 1. The van der Waals surface area contributed by atoms with E-state index in [1.165, 1.54) is 0 Å². The highest BCUT2D eigenvalue weighted by Crippen LogP contribution is 2.12. The van der Waals surface area contributed by atoms with E-state index < -0.39 is 0 Å². The Kier molecular flexibility index (Phi) is 7.94. The van der Waals surface area contributed by atoms with Crippen LogP contribution in [0.2, 0.25) is 0 Å². The summed E-state index contributed by atoms with van der Waals surface area (Å²) in [7, 11) is 1.62. The van der Waals surface area contributed by atoms with E-state index >= 15 is 0 Å². The van der Waals surface area contributed by atoms with Crippen molar-refractivity contribution in [2.75, 3.05) is 20.3 Å². The highest BCUT2D eigenvalue weighted by molar-refractivity contribution is 5.76. The summed E-state index contributed by atoms with van der Waals surface area (Å²) in [6.07, 6.45) is 2.07. The maximum atomic E-state index is 11.7. The van der Waals surface area contributed by atoms with Gasteiger partial charge in [0.05, 0.1) is 13.7 Å². The molecule has 0 aliphatic rings. The molecule has 5 heteroatoms. The van der Waals surface area contributed by atoms with E-state index in [2.05, 4.69) is 5.32 Å². The second-order valence-corrected chi connectivity index (χ2v) is 4.61. The largest absolute Gasteiger partial charge is 0.497 e. The number of nitrogens with one attached hydrogen (secondary N) is 1. The maximum absolute atomic E-state index is 11.7. The number of carbonyl (C=O) groups excluding carboxylic acids is 2. The molecule has 0 saturated heterocycles. The van der Waals surface area contributed by atoms with Gasteiger partial charge in [-0.25, -0.2) is 0 Å². The summed E-state index contributed by atoms with van der Waals surface area (Å²) in [5, 5.41) is 2.80. The van der Waals surface area contributed by atoms with Gasteiger partial charge in [0, 0.05) is 19.4 Å². The summed E-state index contributed by atoms with van der Waals surface area (Å²) in [6, 6.07) is 7.67. The third-order valence-electron chi connectivity index (χ3n) is 2.98. The fourth-order valence-corrected chi connectivity index (χ4v) is 1.83. The molecule has 116 valence electrons. The van der Waals surface area contributed by atoms with Crippen molar-refractivity contribution in [2.24, 2.45) is 0 Å². The Labute approximate surface area is 125 Å². The van der Waals surface area contributed by atoms with Gasteiger partial charge in [-0.05, 0) is 37.5 Å². The Bertz CT molecular complexity index is 442. The zero-order chi connectivity index (χ0) is 15.5. The molecule has 5 nitrogen and oxygen atoms in total. The Morgan fingerprint density at radius 2 is 1.86 bits per heavy atom. The average molecular weight is 293 g/mol. The predicted molar refractivity (Wildman–Crippen MR) is 80.2 cm³/mol. The topological polar surface area (TPSA) is 64.6 Å². The Morgan fingerprint density at radius 3 is 2.48 bits per heavy atom. The lowest BCUT2D eigenvalue weighted by molar-refractivity contribution is -0.143. The predicted octanol–water partition coefficient (Wildman–Crippen LogP) is 2.09. The molecule has 0 heterocycles. The molecule has 0 atom stereocenters. The van der Waals surface area contributed by atoms with Crippen LogP contribution in [-0.4, -0.2) is 32.1 Å². The highest BCUT2D eigenvalue weighted by Gasteiger charge is 2.04. The van der Waals surface area contributed by atoms with Gasteiger partial charge >= 0.3 is 5.97 Å². The van der Waals surface area contributed by atoms with Crippen molar-refractivity contribution < 1.29 is 19.1 Å². The first-order chi connectivity index (χ1) is 10.2. The van der Waals surface area contributed by atoms with Crippen molar-refractivity contribution in [2.45, 2.75) is 32.6 Å². The molecule has 0 aliphatic carbocycles. The molecule has 0 fully saturated rings. The van der Waals surface area contributed by atoms with E-state index in [1.807, 2.05) is 24.3 Å². The van der Waals surface area contributed by atoms with E-state index in [4.69, 9.17) is 9.47 Å². The number of carbonyl (C=O) groups is 2. The molecule has 1 aromatic carbocycles. The zero-order valence-corrected chi connectivity index (χ0v) is 12.7. The average Bonchev–Trinajstić information content (AvgIpc) is 2.50. The smallest absolute Gasteiger partial charge is 0.305 e. The van der Waals surface area contributed by atoms with Gasteiger partial charge in [0.25, 0.3) is 0 Å². The van der Waals surface area contributed by atoms with Crippen molar-refractivity contribution in [1.82, 2.24) is 5.32 Å². The molecule has 0 radical (unpaired) electrons. The fourth-order valence-electron chi connectivity index (χ4n) is 1.83. The van der Waals surface area contributed by atoms with Crippen molar-refractivity contribution in [1.29, 1.82) is 0 Å². The van der Waals surface area contributed by atoms with Gasteiger partial charge in [-0.3, -0.25) is 9.59 Å². The number of ether oxygens (including phenoxy) is 2. The van der Waals surface area contributed by atoms with Gasteiger partial charge < -0.3 is 14.8 Å². The second-order valence-electron chi connectivity index (χ2n) is 4.61. The first-order valence-corrected chi connectivity index (χ1v) is 7.21. The zero-order valence-electron chi connectivity index (χ0n) is 12.7. The molecule has 21 heavy (non-hydrogen) atoms. The highest BCUT2D eigenvalue weighted by atomic mass is 16.5. The molecule has 0 unspecified atom stereocenters. The van der Waals surface area contributed by atoms with Crippen molar-refractivity contribution in [3.63, 3.8) is 0 Å². The van der Waals surface area contributed by atoms with Crippen LogP contribution in [0.25, 0.3) is 0 Å². The summed E-state index contributed by atoms with van der Waals surface area (Å²) in [5.41, 5.74) is 1.09. The van der Waals surface area contributed by atoms with E-state index in [0.29, 0.717) is 38.8 Å². The van der Waals surface area contributed by atoms with Crippen molar-refractivity contribution in [3.8, 4) is 5.75 Å². The standard InChI is InChI=1S/C16H23NO4/c1-3-21-16(19)5-4-12-17-15(18)11-8-13-6-9-14(20-2)10-7-13/h6-7,9-10H,3-5,8,11-12H2,1-2H3,(H,17,18). The quantitative estimate of drug-likeness (QED) is 0.559. The maximum Gasteiger partial charge on any atom is 0.305 e. The number of methoxy groups -OCH3 is 1. The molecule has 1 rings (SSSR count). The van der Waals surface area contributed by atoms with Gasteiger partial charge in [0.2, 0.25) is 5.91 Å². The third-order valence-corrected chi connectivity index (χ3v) is 2.98. The van der Waals surface area contributed by atoms with Crippen LogP contribution in [-0.2, 0) is 20.7 Å². The molecule has 0 bridgehead atoms. The van der Waals surface area contributed by atoms with Crippen LogP contribution >= 0.6 is 0 Å². The lowest BCUT2D eigenvalue weighted by atomic mass is 10.1. The van der Waals surface area contributed by atoms with Gasteiger partial charge in [-0.2, -0.15) is 0 Å². The number of amides is 1. The number of rotatable bonds is 9. The molecule has 0 saturated carbocycles. The van der Waals surface area contributed by atoms with Crippen LogP contribution in [0.4, 0.5) is 0 Å². The van der Waals surface area contributed by atoms with Gasteiger partial charge in [-0.15, -0.1) is 0 Å². The second kappa shape index (κ2) is 9.80. The van der Waals surface area contributed by atoms with E-state index in [1.54, 1.807) is 14.0 Å². The minimum atomic E-state index is -0.218. The number of aryl methyl sites for hydroxylation is 1.